The number of rotatable bonds is 5. The number of nitrogens with one attached hydrogen (secondary N) is 1. The zero-order valence-corrected chi connectivity index (χ0v) is 10.1. The maximum absolute atomic E-state index is 12.1. The summed E-state index contributed by atoms with van der Waals surface area (Å²) in [6.45, 7) is -0.706. The van der Waals surface area contributed by atoms with Gasteiger partial charge in [0.25, 0.3) is 6.43 Å². The molecule has 19 heavy (non-hydrogen) atoms. The Hall–Kier alpha value is -2.25. The zero-order chi connectivity index (χ0) is 14.4. The van der Waals surface area contributed by atoms with Gasteiger partial charge in [0.05, 0.1) is 24.3 Å². The quantitative estimate of drug-likeness (QED) is 0.844. The molecular weight excluding hydrogens is 260 g/mol. The van der Waals surface area contributed by atoms with Crippen LogP contribution in [0.3, 0.4) is 0 Å². The highest BCUT2D eigenvalue weighted by atomic mass is 19.3. The van der Waals surface area contributed by atoms with Crippen molar-refractivity contribution in [1.82, 2.24) is 15.2 Å². The van der Waals surface area contributed by atoms with Gasteiger partial charge in [-0.15, -0.1) is 0 Å². The summed E-state index contributed by atoms with van der Waals surface area (Å²) in [5.74, 6) is -1.11. The van der Waals surface area contributed by atoms with Crippen LogP contribution >= 0.6 is 0 Å². The summed E-state index contributed by atoms with van der Waals surface area (Å²) in [5, 5.41) is 11.1. The second kappa shape index (κ2) is 6.62. The van der Waals surface area contributed by atoms with Crippen LogP contribution in [0.5, 0.6) is 0 Å². The maximum Gasteiger partial charge on any atom is 0.335 e. The first-order valence-electron chi connectivity index (χ1n) is 5.35. The molecule has 0 unspecified atom stereocenters. The summed E-state index contributed by atoms with van der Waals surface area (Å²) in [7, 11) is 1.24. The Balaban J connectivity index is 2.54. The Labute approximate surface area is 108 Å². The summed E-state index contributed by atoms with van der Waals surface area (Å²) in [4.78, 5) is 26.8. The van der Waals surface area contributed by atoms with Crippen molar-refractivity contribution in [3.8, 4) is 0 Å². The SMILES string of the molecule is CN(CC(F)F)C(=O)NCc1cc(C(=O)O)ccn1. The number of aromatic nitrogens is 1. The molecule has 0 bridgehead atoms. The molecule has 0 spiro atoms. The van der Waals surface area contributed by atoms with E-state index in [0.29, 0.717) is 5.69 Å². The van der Waals surface area contributed by atoms with E-state index in [0.717, 1.165) is 4.90 Å². The van der Waals surface area contributed by atoms with E-state index in [2.05, 4.69) is 10.3 Å². The lowest BCUT2D eigenvalue weighted by atomic mass is 10.2. The third-order valence-corrected chi connectivity index (χ3v) is 2.24. The van der Waals surface area contributed by atoms with E-state index in [9.17, 15) is 18.4 Å². The third kappa shape index (κ3) is 4.86. The van der Waals surface area contributed by atoms with Crippen molar-refractivity contribution in [3.05, 3.63) is 29.6 Å². The molecule has 8 heteroatoms. The smallest absolute Gasteiger partial charge is 0.335 e. The number of hydrogen-bond donors (Lipinski definition) is 2. The van der Waals surface area contributed by atoms with Gasteiger partial charge in [0.15, 0.2) is 0 Å². The summed E-state index contributed by atoms with van der Waals surface area (Å²) in [6.07, 6.45) is -1.31. The van der Waals surface area contributed by atoms with Crippen LogP contribution in [0, 0.1) is 0 Å². The molecule has 1 aromatic heterocycles. The number of carbonyl (C=O) groups is 2. The first-order valence-corrected chi connectivity index (χ1v) is 5.35. The molecule has 1 rings (SSSR count). The number of carboxylic acid groups (broad SMARTS) is 1. The summed E-state index contributed by atoms with van der Waals surface area (Å²) in [6, 6.07) is 1.94. The molecule has 2 amide bonds. The second-order valence-electron chi connectivity index (χ2n) is 3.77. The number of hydrogen-bond acceptors (Lipinski definition) is 3. The van der Waals surface area contributed by atoms with Crippen molar-refractivity contribution in [3.63, 3.8) is 0 Å². The molecule has 0 aliphatic rings. The highest BCUT2D eigenvalue weighted by Gasteiger charge is 2.13. The number of pyridine rings is 1. The normalized spacial score (nSPS) is 10.3. The number of halogens is 2. The Morgan fingerprint density at radius 2 is 2.21 bits per heavy atom. The number of carbonyl (C=O) groups excluding carboxylic acids is 1. The van der Waals surface area contributed by atoms with E-state index in [4.69, 9.17) is 5.11 Å². The van der Waals surface area contributed by atoms with Crippen LogP contribution in [0.2, 0.25) is 0 Å². The van der Waals surface area contributed by atoms with Crippen LogP contribution in [0.4, 0.5) is 13.6 Å². The van der Waals surface area contributed by atoms with Gasteiger partial charge in [-0.25, -0.2) is 18.4 Å². The topological polar surface area (TPSA) is 82.5 Å². The van der Waals surface area contributed by atoms with Crippen LogP contribution < -0.4 is 5.32 Å². The van der Waals surface area contributed by atoms with E-state index < -0.39 is 25.0 Å². The molecule has 6 nitrogen and oxygen atoms in total. The fourth-order valence-electron chi connectivity index (χ4n) is 1.30. The fraction of sp³-hybridized carbons (Fsp3) is 0.364. The van der Waals surface area contributed by atoms with Crippen molar-refractivity contribution in [2.24, 2.45) is 0 Å². The lowest BCUT2D eigenvalue weighted by Gasteiger charge is -2.17. The lowest BCUT2D eigenvalue weighted by Crippen LogP contribution is -2.39. The van der Waals surface area contributed by atoms with Gasteiger partial charge < -0.3 is 15.3 Å². The molecule has 0 atom stereocenters. The number of alkyl halides is 2. The minimum atomic E-state index is -2.61. The molecule has 0 fully saturated rings. The Bertz CT molecular complexity index is 468. The molecule has 0 aliphatic heterocycles. The van der Waals surface area contributed by atoms with Crippen LogP contribution in [-0.2, 0) is 6.54 Å². The molecule has 0 saturated carbocycles. The molecule has 0 radical (unpaired) electrons. The number of amides is 2. The summed E-state index contributed by atoms with van der Waals surface area (Å²) in [5.41, 5.74) is 0.374. The first-order chi connectivity index (χ1) is 8.90. The van der Waals surface area contributed by atoms with Gasteiger partial charge in [0.2, 0.25) is 0 Å². The van der Waals surface area contributed by atoms with E-state index in [1.165, 1.54) is 25.4 Å². The largest absolute Gasteiger partial charge is 0.478 e. The van der Waals surface area contributed by atoms with Gasteiger partial charge in [-0.3, -0.25) is 4.98 Å². The zero-order valence-electron chi connectivity index (χ0n) is 10.1. The third-order valence-electron chi connectivity index (χ3n) is 2.24. The van der Waals surface area contributed by atoms with Crippen LogP contribution in [0.15, 0.2) is 18.3 Å². The first kappa shape index (κ1) is 14.8. The average Bonchev–Trinajstić information content (AvgIpc) is 2.35. The highest BCUT2D eigenvalue weighted by Crippen LogP contribution is 2.02. The van der Waals surface area contributed by atoms with Crippen molar-refractivity contribution in [1.29, 1.82) is 0 Å². The number of carboxylic acids is 1. The standard InChI is InChI=1S/C11H13F2N3O3/c1-16(6-9(12)13)11(19)15-5-8-4-7(10(17)18)2-3-14-8/h2-4,9H,5-6H2,1H3,(H,15,19)(H,17,18). The molecule has 1 aromatic rings. The van der Waals surface area contributed by atoms with Crippen molar-refractivity contribution in [2.75, 3.05) is 13.6 Å². The minimum Gasteiger partial charge on any atom is -0.478 e. The van der Waals surface area contributed by atoms with Crippen molar-refractivity contribution in [2.45, 2.75) is 13.0 Å². The number of aromatic carboxylic acids is 1. The summed E-state index contributed by atoms with van der Waals surface area (Å²) < 4.78 is 24.1. The van der Waals surface area contributed by atoms with E-state index >= 15 is 0 Å². The fourth-order valence-corrected chi connectivity index (χ4v) is 1.30. The Morgan fingerprint density at radius 3 is 2.79 bits per heavy atom. The van der Waals surface area contributed by atoms with Gasteiger partial charge in [-0.05, 0) is 12.1 Å². The number of nitrogens with zero attached hydrogens (tertiary/aromatic N) is 2. The predicted molar refractivity (Wildman–Crippen MR) is 62.1 cm³/mol. The minimum absolute atomic E-state index is 0.0342. The van der Waals surface area contributed by atoms with Crippen molar-refractivity contribution >= 4 is 12.0 Å². The van der Waals surface area contributed by atoms with Crippen molar-refractivity contribution < 1.29 is 23.5 Å². The van der Waals surface area contributed by atoms with Gasteiger partial charge in [0, 0.05) is 13.2 Å². The number of urea groups is 1. The van der Waals surface area contributed by atoms with Gasteiger partial charge in [-0.1, -0.05) is 0 Å². The van der Waals surface area contributed by atoms with Gasteiger partial charge in [0.1, 0.15) is 0 Å². The molecule has 104 valence electrons. The molecular formula is C11H13F2N3O3. The molecule has 1 heterocycles. The Kier molecular flexibility index (Phi) is 5.16. The molecule has 0 saturated heterocycles. The summed E-state index contributed by atoms with van der Waals surface area (Å²) >= 11 is 0. The second-order valence-corrected chi connectivity index (χ2v) is 3.77. The van der Waals surface area contributed by atoms with E-state index in [-0.39, 0.29) is 12.1 Å². The average molecular weight is 273 g/mol. The predicted octanol–water partition coefficient (Wildman–Crippen LogP) is 1.19. The lowest BCUT2D eigenvalue weighted by molar-refractivity contribution is 0.0696. The van der Waals surface area contributed by atoms with E-state index in [1.54, 1.807) is 0 Å². The molecule has 2 N–H and O–H groups in total. The monoisotopic (exact) mass is 273 g/mol. The van der Waals surface area contributed by atoms with Crippen LogP contribution in [-0.4, -0.2) is 47.0 Å². The van der Waals surface area contributed by atoms with Crippen LogP contribution in [0.1, 0.15) is 16.1 Å². The van der Waals surface area contributed by atoms with Gasteiger partial charge >= 0.3 is 12.0 Å². The maximum atomic E-state index is 12.1. The van der Waals surface area contributed by atoms with E-state index in [1.807, 2.05) is 0 Å². The highest BCUT2D eigenvalue weighted by molar-refractivity contribution is 5.87. The molecule has 0 aliphatic carbocycles. The van der Waals surface area contributed by atoms with Gasteiger partial charge in [-0.2, -0.15) is 0 Å². The molecule has 0 aromatic carbocycles. The van der Waals surface area contributed by atoms with Crippen LogP contribution in [0.25, 0.3) is 0 Å². The Morgan fingerprint density at radius 1 is 1.53 bits per heavy atom.